The molecule has 4 rings (SSSR count). The monoisotopic (exact) mass is 295 g/mol. The van der Waals surface area contributed by atoms with Crippen LogP contribution < -0.4 is 5.32 Å². The smallest absolute Gasteiger partial charge is 0.137 e. The molecule has 1 aliphatic heterocycles. The van der Waals surface area contributed by atoms with Crippen molar-refractivity contribution in [3.8, 4) is 0 Å². The van der Waals surface area contributed by atoms with E-state index in [4.69, 9.17) is 0 Å². The van der Waals surface area contributed by atoms with Crippen LogP contribution in [0, 0.1) is 6.92 Å². The summed E-state index contributed by atoms with van der Waals surface area (Å²) in [6.07, 6.45) is 10.5. The van der Waals surface area contributed by atoms with Crippen LogP contribution in [0.1, 0.15) is 35.8 Å². The van der Waals surface area contributed by atoms with Crippen LogP contribution in [0.15, 0.2) is 36.9 Å². The van der Waals surface area contributed by atoms with E-state index in [9.17, 15) is 0 Å². The van der Waals surface area contributed by atoms with Crippen molar-refractivity contribution in [1.29, 1.82) is 0 Å². The standard InChI is InChI=1S/C17H21N5/c1-13-4-7-22-15(12-20-16(22)9-13)11-18-10-14-3-2-6-21-8-5-19-17(14)21/h4-5,7-9,12,14,18H,2-3,6,10-11H2,1H3/t14-/m0/s1. The van der Waals surface area contributed by atoms with Gasteiger partial charge in [0.1, 0.15) is 11.5 Å². The zero-order chi connectivity index (χ0) is 14.9. The first-order valence-electron chi connectivity index (χ1n) is 7.95. The number of aromatic nitrogens is 4. The van der Waals surface area contributed by atoms with Crippen molar-refractivity contribution in [2.75, 3.05) is 6.54 Å². The first-order chi connectivity index (χ1) is 10.8. The lowest BCUT2D eigenvalue weighted by Gasteiger charge is -2.23. The van der Waals surface area contributed by atoms with Crippen LogP contribution in [0.2, 0.25) is 0 Å². The van der Waals surface area contributed by atoms with Gasteiger partial charge in [0, 0.05) is 44.1 Å². The fourth-order valence-electron chi connectivity index (χ4n) is 3.34. The summed E-state index contributed by atoms with van der Waals surface area (Å²) in [6, 6.07) is 4.23. The van der Waals surface area contributed by atoms with Gasteiger partial charge in [0.05, 0.1) is 11.9 Å². The maximum Gasteiger partial charge on any atom is 0.137 e. The predicted octanol–water partition coefficient (Wildman–Crippen LogP) is 2.51. The lowest BCUT2D eigenvalue weighted by molar-refractivity contribution is 0.422. The minimum atomic E-state index is 0.519. The van der Waals surface area contributed by atoms with Crippen molar-refractivity contribution in [3.05, 3.63) is 54.0 Å². The molecule has 4 heterocycles. The summed E-state index contributed by atoms with van der Waals surface area (Å²) >= 11 is 0. The number of hydrogen-bond donors (Lipinski definition) is 1. The minimum absolute atomic E-state index is 0.519. The Morgan fingerprint density at radius 1 is 1.32 bits per heavy atom. The third-order valence-corrected chi connectivity index (χ3v) is 4.51. The zero-order valence-corrected chi connectivity index (χ0v) is 12.9. The van der Waals surface area contributed by atoms with Crippen molar-refractivity contribution in [1.82, 2.24) is 24.3 Å². The van der Waals surface area contributed by atoms with Gasteiger partial charge in [-0.15, -0.1) is 0 Å². The Morgan fingerprint density at radius 3 is 3.23 bits per heavy atom. The highest BCUT2D eigenvalue weighted by molar-refractivity contribution is 5.42. The molecule has 0 aromatic carbocycles. The van der Waals surface area contributed by atoms with Crippen molar-refractivity contribution >= 4 is 5.65 Å². The number of hydrogen-bond acceptors (Lipinski definition) is 3. The first-order valence-corrected chi connectivity index (χ1v) is 7.95. The van der Waals surface area contributed by atoms with Gasteiger partial charge in [0.15, 0.2) is 0 Å². The molecule has 22 heavy (non-hydrogen) atoms. The van der Waals surface area contributed by atoms with Gasteiger partial charge in [-0.25, -0.2) is 9.97 Å². The van der Waals surface area contributed by atoms with E-state index in [2.05, 4.69) is 55.7 Å². The number of rotatable bonds is 4. The van der Waals surface area contributed by atoms with E-state index < -0.39 is 0 Å². The normalized spacial score (nSPS) is 17.8. The van der Waals surface area contributed by atoms with Gasteiger partial charge < -0.3 is 14.3 Å². The van der Waals surface area contributed by atoms with Gasteiger partial charge in [-0.05, 0) is 37.5 Å². The fraction of sp³-hybridized carbons (Fsp3) is 0.412. The summed E-state index contributed by atoms with van der Waals surface area (Å²) in [7, 11) is 0. The number of fused-ring (bicyclic) bond motifs is 2. The second-order valence-electron chi connectivity index (χ2n) is 6.13. The molecule has 0 saturated carbocycles. The molecule has 3 aromatic rings. The van der Waals surface area contributed by atoms with Crippen LogP contribution in [0.3, 0.4) is 0 Å². The molecule has 1 atom stereocenters. The molecule has 1 aliphatic rings. The van der Waals surface area contributed by atoms with Crippen molar-refractivity contribution in [3.63, 3.8) is 0 Å². The second-order valence-corrected chi connectivity index (χ2v) is 6.13. The average molecular weight is 295 g/mol. The summed E-state index contributed by atoms with van der Waals surface area (Å²) in [5.74, 6) is 1.75. The van der Waals surface area contributed by atoms with Crippen LogP contribution in [-0.2, 0) is 13.1 Å². The Bertz CT molecular complexity index is 785. The van der Waals surface area contributed by atoms with Gasteiger partial charge in [0.25, 0.3) is 0 Å². The number of pyridine rings is 1. The van der Waals surface area contributed by atoms with Crippen LogP contribution in [0.4, 0.5) is 0 Å². The van der Waals surface area contributed by atoms with E-state index in [1.54, 1.807) is 0 Å². The highest BCUT2D eigenvalue weighted by Gasteiger charge is 2.20. The number of nitrogens with one attached hydrogen (secondary N) is 1. The Balaban J connectivity index is 1.43. The highest BCUT2D eigenvalue weighted by atomic mass is 15.1. The van der Waals surface area contributed by atoms with Gasteiger partial charge >= 0.3 is 0 Å². The molecular formula is C17H21N5. The van der Waals surface area contributed by atoms with Gasteiger partial charge in [-0.3, -0.25) is 0 Å². The van der Waals surface area contributed by atoms with E-state index in [1.807, 2.05) is 12.4 Å². The van der Waals surface area contributed by atoms with Crippen molar-refractivity contribution in [2.24, 2.45) is 0 Å². The predicted molar refractivity (Wildman–Crippen MR) is 85.8 cm³/mol. The third-order valence-electron chi connectivity index (χ3n) is 4.51. The Hall–Kier alpha value is -2.14. The van der Waals surface area contributed by atoms with Gasteiger partial charge in [-0.1, -0.05) is 0 Å². The van der Waals surface area contributed by atoms with Crippen LogP contribution in [-0.4, -0.2) is 25.5 Å². The number of aryl methyl sites for hydroxylation is 2. The van der Waals surface area contributed by atoms with Crippen LogP contribution in [0.5, 0.6) is 0 Å². The molecule has 0 bridgehead atoms. The lowest BCUT2D eigenvalue weighted by atomic mass is 9.99. The van der Waals surface area contributed by atoms with Crippen molar-refractivity contribution < 1.29 is 0 Å². The quantitative estimate of drug-likeness (QED) is 0.804. The fourth-order valence-corrected chi connectivity index (χ4v) is 3.34. The number of imidazole rings is 2. The topological polar surface area (TPSA) is 47.1 Å². The van der Waals surface area contributed by atoms with E-state index >= 15 is 0 Å². The maximum absolute atomic E-state index is 4.52. The summed E-state index contributed by atoms with van der Waals surface area (Å²) < 4.78 is 4.44. The summed E-state index contributed by atoms with van der Waals surface area (Å²) in [5.41, 5.74) is 3.46. The average Bonchev–Trinajstić information content (AvgIpc) is 3.14. The molecule has 0 unspecified atom stereocenters. The molecule has 0 spiro atoms. The Labute approximate surface area is 130 Å². The molecule has 0 aliphatic carbocycles. The molecule has 1 N–H and O–H groups in total. The SMILES string of the molecule is Cc1ccn2c(CNC[C@@H]3CCCn4ccnc43)cnc2c1. The molecule has 0 saturated heterocycles. The van der Waals surface area contributed by atoms with Crippen molar-refractivity contribution in [2.45, 2.75) is 38.8 Å². The second kappa shape index (κ2) is 5.57. The Morgan fingerprint density at radius 2 is 2.27 bits per heavy atom. The van der Waals surface area contributed by atoms with Crippen LogP contribution in [0.25, 0.3) is 5.65 Å². The molecular weight excluding hydrogens is 274 g/mol. The summed E-state index contributed by atoms with van der Waals surface area (Å²) in [5, 5.41) is 3.58. The van der Waals surface area contributed by atoms with E-state index in [1.165, 1.54) is 29.9 Å². The van der Waals surface area contributed by atoms with Gasteiger partial charge in [-0.2, -0.15) is 0 Å². The van der Waals surface area contributed by atoms with Gasteiger partial charge in [0.2, 0.25) is 0 Å². The minimum Gasteiger partial charge on any atom is -0.335 e. The highest BCUT2D eigenvalue weighted by Crippen LogP contribution is 2.24. The number of nitrogens with zero attached hydrogens (tertiary/aromatic N) is 4. The molecule has 5 heteroatoms. The molecule has 0 fully saturated rings. The van der Waals surface area contributed by atoms with Crippen LogP contribution >= 0.6 is 0 Å². The Kier molecular flexibility index (Phi) is 3.42. The first kappa shape index (κ1) is 13.5. The lowest BCUT2D eigenvalue weighted by Crippen LogP contribution is -2.26. The van der Waals surface area contributed by atoms with E-state index in [0.717, 1.165) is 25.3 Å². The molecule has 114 valence electrons. The summed E-state index contributed by atoms with van der Waals surface area (Å²) in [4.78, 5) is 9.00. The van der Waals surface area contributed by atoms with E-state index in [-0.39, 0.29) is 0 Å². The zero-order valence-electron chi connectivity index (χ0n) is 12.9. The largest absolute Gasteiger partial charge is 0.335 e. The molecule has 3 aromatic heterocycles. The molecule has 5 nitrogen and oxygen atoms in total. The molecule has 0 radical (unpaired) electrons. The maximum atomic E-state index is 4.52. The molecule has 0 amide bonds. The van der Waals surface area contributed by atoms with E-state index in [0.29, 0.717) is 5.92 Å². The summed E-state index contributed by atoms with van der Waals surface area (Å²) in [6.45, 7) is 5.01. The third kappa shape index (κ3) is 2.41.